The summed E-state index contributed by atoms with van der Waals surface area (Å²) < 4.78 is 16.0. The quantitative estimate of drug-likeness (QED) is 0.598. The summed E-state index contributed by atoms with van der Waals surface area (Å²) in [7, 11) is 3.01. The van der Waals surface area contributed by atoms with E-state index in [0.29, 0.717) is 23.2 Å². The largest absolute Gasteiger partial charge is 0.481 e. The number of azo groups is 1. The highest BCUT2D eigenvalue weighted by molar-refractivity contribution is 5.35. The van der Waals surface area contributed by atoms with Crippen molar-refractivity contribution >= 4 is 5.69 Å². The molecule has 0 spiro atoms. The summed E-state index contributed by atoms with van der Waals surface area (Å²) in [6.07, 6.45) is 1.66. The van der Waals surface area contributed by atoms with E-state index in [9.17, 15) is 0 Å². The molecule has 3 rings (SSSR count). The highest BCUT2D eigenvalue weighted by atomic mass is 16.5. The van der Waals surface area contributed by atoms with Gasteiger partial charge >= 0.3 is 6.01 Å². The molecule has 0 saturated heterocycles. The Balaban J connectivity index is 1.78. The second kappa shape index (κ2) is 8.52. The van der Waals surface area contributed by atoms with E-state index in [4.69, 9.17) is 14.2 Å². The molecule has 132 valence electrons. The molecule has 0 fully saturated rings. The van der Waals surface area contributed by atoms with Gasteiger partial charge in [0.15, 0.2) is 5.75 Å². The van der Waals surface area contributed by atoms with Crippen molar-refractivity contribution in [3.63, 3.8) is 0 Å². The van der Waals surface area contributed by atoms with Crippen LogP contribution in [-0.4, -0.2) is 29.2 Å². The molecule has 0 radical (unpaired) electrons. The number of methoxy groups -OCH3 is 2. The van der Waals surface area contributed by atoms with Crippen molar-refractivity contribution in [1.82, 2.24) is 15.0 Å². The summed E-state index contributed by atoms with van der Waals surface area (Å²) in [5, 5.41) is 8.34. The smallest absolute Gasteiger partial charge is 0.328 e. The summed E-state index contributed by atoms with van der Waals surface area (Å²) in [4.78, 5) is 12.6. The third-order valence-corrected chi connectivity index (χ3v) is 3.29. The molecule has 0 aliphatic heterocycles. The fourth-order valence-electron chi connectivity index (χ4n) is 2.05. The van der Waals surface area contributed by atoms with Gasteiger partial charge in [0.2, 0.25) is 11.8 Å². The molecule has 3 aromatic rings. The van der Waals surface area contributed by atoms with Gasteiger partial charge in [0.1, 0.15) is 12.2 Å². The van der Waals surface area contributed by atoms with Gasteiger partial charge in [0.25, 0.3) is 0 Å². The molecule has 8 nitrogen and oxygen atoms in total. The second-order valence-corrected chi connectivity index (χ2v) is 5.02. The summed E-state index contributed by atoms with van der Waals surface area (Å²) in [5.41, 5.74) is 1.38. The highest BCUT2D eigenvalue weighted by Crippen LogP contribution is 2.26. The standard InChI is InChI=1S/C18H17N5O3/c1-24-16-11-17(25-2)22-18(21-16)26-15-9-6-10-19-14(15)12-20-23-13-7-4-3-5-8-13/h3-11H,12H2,1-2H3. The molecule has 1 aromatic carbocycles. The van der Waals surface area contributed by atoms with Crippen molar-refractivity contribution in [2.24, 2.45) is 10.2 Å². The van der Waals surface area contributed by atoms with Crippen LogP contribution in [0.1, 0.15) is 5.69 Å². The van der Waals surface area contributed by atoms with Crippen molar-refractivity contribution in [2.45, 2.75) is 6.54 Å². The van der Waals surface area contributed by atoms with E-state index in [0.717, 1.165) is 5.69 Å². The molecule has 26 heavy (non-hydrogen) atoms. The Bertz CT molecular complexity index is 865. The third-order valence-electron chi connectivity index (χ3n) is 3.29. The first-order valence-corrected chi connectivity index (χ1v) is 7.80. The number of ether oxygens (including phenoxy) is 3. The second-order valence-electron chi connectivity index (χ2n) is 5.02. The number of rotatable bonds is 7. The van der Waals surface area contributed by atoms with Crippen molar-refractivity contribution in [3.05, 3.63) is 60.4 Å². The van der Waals surface area contributed by atoms with Crippen LogP contribution in [0.2, 0.25) is 0 Å². The molecule has 2 heterocycles. The summed E-state index contributed by atoms with van der Waals surface area (Å²) in [6.45, 7) is 0.256. The first-order valence-electron chi connectivity index (χ1n) is 7.80. The molecule has 0 N–H and O–H groups in total. The summed E-state index contributed by atoms with van der Waals surface area (Å²) >= 11 is 0. The number of hydrogen-bond acceptors (Lipinski definition) is 8. The van der Waals surface area contributed by atoms with Crippen molar-refractivity contribution in [3.8, 4) is 23.5 Å². The van der Waals surface area contributed by atoms with E-state index in [1.54, 1.807) is 24.4 Å². The fraction of sp³-hybridized carbons (Fsp3) is 0.167. The normalized spacial score (nSPS) is 10.7. The van der Waals surface area contributed by atoms with Gasteiger partial charge in [-0.3, -0.25) is 4.98 Å². The van der Waals surface area contributed by atoms with E-state index < -0.39 is 0 Å². The Morgan fingerprint density at radius 1 is 0.923 bits per heavy atom. The van der Waals surface area contributed by atoms with E-state index in [1.807, 2.05) is 30.3 Å². The predicted molar refractivity (Wildman–Crippen MR) is 94.1 cm³/mol. The Morgan fingerprint density at radius 2 is 1.65 bits per heavy atom. The van der Waals surface area contributed by atoms with Crippen molar-refractivity contribution < 1.29 is 14.2 Å². The molecule has 0 amide bonds. The highest BCUT2D eigenvalue weighted by Gasteiger charge is 2.11. The van der Waals surface area contributed by atoms with Gasteiger partial charge in [0.05, 0.1) is 26.0 Å². The predicted octanol–water partition coefficient (Wildman–Crippen LogP) is 3.97. The van der Waals surface area contributed by atoms with Crippen LogP contribution in [0, 0.1) is 0 Å². The summed E-state index contributed by atoms with van der Waals surface area (Å²) in [5.74, 6) is 1.15. The van der Waals surface area contributed by atoms with Crippen LogP contribution in [0.3, 0.4) is 0 Å². The Kier molecular flexibility index (Phi) is 5.66. The zero-order valence-corrected chi connectivity index (χ0v) is 14.4. The van der Waals surface area contributed by atoms with Crippen LogP contribution >= 0.6 is 0 Å². The Hall–Kier alpha value is -3.55. The molecule has 0 aliphatic rings. The number of pyridine rings is 1. The van der Waals surface area contributed by atoms with Crippen LogP contribution in [0.25, 0.3) is 0 Å². The number of nitrogens with zero attached hydrogens (tertiary/aromatic N) is 5. The van der Waals surface area contributed by atoms with E-state index in [-0.39, 0.29) is 12.6 Å². The van der Waals surface area contributed by atoms with Gasteiger partial charge in [-0.1, -0.05) is 18.2 Å². The SMILES string of the molecule is COc1cc(OC)nc(Oc2cccnc2CN=Nc2ccccc2)n1. The van der Waals surface area contributed by atoms with Crippen LogP contribution < -0.4 is 14.2 Å². The lowest BCUT2D eigenvalue weighted by atomic mass is 10.3. The average Bonchev–Trinajstić information content (AvgIpc) is 2.69. The van der Waals surface area contributed by atoms with Gasteiger partial charge < -0.3 is 14.2 Å². The number of hydrogen-bond donors (Lipinski definition) is 0. The lowest BCUT2D eigenvalue weighted by Crippen LogP contribution is -2.00. The maximum absolute atomic E-state index is 5.75. The Morgan fingerprint density at radius 3 is 2.35 bits per heavy atom. The zero-order valence-electron chi connectivity index (χ0n) is 14.4. The molecule has 0 saturated carbocycles. The van der Waals surface area contributed by atoms with Crippen molar-refractivity contribution in [2.75, 3.05) is 14.2 Å². The van der Waals surface area contributed by atoms with Gasteiger partial charge in [-0.25, -0.2) is 0 Å². The molecule has 0 aliphatic carbocycles. The lowest BCUT2D eigenvalue weighted by molar-refractivity contribution is 0.346. The minimum absolute atomic E-state index is 0.0930. The maximum Gasteiger partial charge on any atom is 0.328 e. The molecule has 8 heteroatoms. The van der Waals surface area contributed by atoms with Gasteiger partial charge in [-0.2, -0.15) is 20.2 Å². The molecule has 0 atom stereocenters. The fourth-order valence-corrected chi connectivity index (χ4v) is 2.05. The van der Waals surface area contributed by atoms with Gasteiger partial charge in [0, 0.05) is 6.20 Å². The lowest BCUT2D eigenvalue weighted by Gasteiger charge is -2.09. The topological polar surface area (TPSA) is 91.1 Å². The van der Waals surface area contributed by atoms with Gasteiger partial charge in [-0.15, -0.1) is 0 Å². The van der Waals surface area contributed by atoms with Crippen molar-refractivity contribution in [1.29, 1.82) is 0 Å². The monoisotopic (exact) mass is 351 g/mol. The van der Waals surface area contributed by atoms with E-state index >= 15 is 0 Å². The van der Waals surface area contributed by atoms with Crippen LogP contribution in [0.15, 0.2) is 65.0 Å². The molecule has 0 unspecified atom stereocenters. The van der Waals surface area contributed by atoms with E-state index in [1.165, 1.54) is 14.2 Å². The summed E-state index contributed by atoms with van der Waals surface area (Å²) in [6, 6.07) is 14.6. The minimum Gasteiger partial charge on any atom is -0.481 e. The van der Waals surface area contributed by atoms with Crippen LogP contribution in [-0.2, 0) is 6.54 Å². The molecule has 2 aromatic heterocycles. The third kappa shape index (κ3) is 4.50. The molecular formula is C18H17N5O3. The minimum atomic E-state index is 0.0930. The molecular weight excluding hydrogens is 334 g/mol. The number of benzene rings is 1. The van der Waals surface area contributed by atoms with Crippen LogP contribution in [0.4, 0.5) is 5.69 Å². The first-order chi connectivity index (χ1) is 12.8. The Labute approximate surface area is 150 Å². The van der Waals surface area contributed by atoms with Gasteiger partial charge in [-0.05, 0) is 24.3 Å². The van der Waals surface area contributed by atoms with Crippen LogP contribution in [0.5, 0.6) is 23.5 Å². The maximum atomic E-state index is 5.75. The van der Waals surface area contributed by atoms with E-state index in [2.05, 4.69) is 25.2 Å². The average molecular weight is 351 g/mol. The zero-order chi connectivity index (χ0) is 18.2. The first kappa shape index (κ1) is 17.3. The number of aromatic nitrogens is 3. The molecule has 0 bridgehead atoms.